The predicted molar refractivity (Wildman–Crippen MR) is 85.3 cm³/mol. The highest BCUT2D eigenvalue weighted by atomic mass is 32.2. The van der Waals surface area contributed by atoms with Crippen LogP contribution in [0.3, 0.4) is 0 Å². The van der Waals surface area contributed by atoms with Crippen LogP contribution in [-0.2, 0) is 4.79 Å². The number of carbonyl (C=O) groups is 2. The van der Waals surface area contributed by atoms with Crippen LogP contribution in [0.25, 0.3) is 11.1 Å². The van der Waals surface area contributed by atoms with E-state index in [9.17, 15) is 9.59 Å². The Morgan fingerprint density at radius 2 is 1.76 bits per heavy atom. The number of fused-ring (bicyclic) bond motifs is 3. The number of hydrogen-bond donors (Lipinski definition) is 0. The highest BCUT2D eigenvalue weighted by molar-refractivity contribution is 8.13. The maximum atomic E-state index is 12.4. The topological polar surface area (TPSA) is 34.1 Å². The maximum Gasteiger partial charge on any atom is 0.194 e. The van der Waals surface area contributed by atoms with Gasteiger partial charge in [-0.3, -0.25) is 9.59 Å². The monoisotopic (exact) mass is 292 g/mol. The van der Waals surface area contributed by atoms with Gasteiger partial charge in [-0.05, 0) is 23.3 Å². The van der Waals surface area contributed by atoms with Gasteiger partial charge in [-0.2, -0.15) is 0 Å². The number of thioether (sulfide) groups is 1. The molecule has 1 aliphatic rings. The molecule has 21 heavy (non-hydrogen) atoms. The second kappa shape index (κ2) is 5.59. The Balaban J connectivity index is 1.91. The summed E-state index contributed by atoms with van der Waals surface area (Å²) in [6.45, 7) is 1.53. The Bertz CT molecular complexity index is 809. The molecule has 0 fully saturated rings. The molecule has 0 unspecified atom stereocenters. The molecule has 3 heteroatoms. The van der Waals surface area contributed by atoms with Crippen molar-refractivity contribution < 1.29 is 9.59 Å². The first-order valence-electron chi connectivity index (χ1n) is 6.57. The second-order valence-electron chi connectivity index (χ2n) is 4.72. The van der Waals surface area contributed by atoms with Gasteiger partial charge in [-0.1, -0.05) is 53.9 Å². The molecule has 2 aromatic rings. The van der Waals surface area contributed by atoms with Crippen LogP contribution in [0.4, 0.5) is 0 Å². The Morgan fingerprint density at radius 1 is 1.05 bits per heavy atom. The Morgan fingerprint density at radius 3 is 2.52 bits per heavy atom. The van der Waals surface area contributed by atoms with Gasteiger partial charge in [-0.25, -0.2) is 0 Å². The Kier molecular flexibility index (Phi) is 3.64. The maximum absolute atomic E-state index is 12.4. The number of hydrogen-bond acceptors (Lipinski definition) is 3. The van der Waals surface area contributed by atoms with Crippen LogP contribution in [0.5, 0.6) is 0 Å². The molecule has 0 amide bonds. The highest BCUT2D eigenvalue weighted by Gasteiger charge is 2.25. The van der Waals surface area contributed by atoms with E-state index in [1.165, 1.54) is 18.7 Å². The zero-order valence-corrected chi connectivity index (χ0v) is 12.3. The smallest absolute Gasteiger partial charge is 0.194 e. The molecule has 102 valence electrons. The van der Waals surface area contributed by atoms with Crippen molar-refractivity contribution in [1.29, 1.82) is 0 Å². The van der Waals surface area contributed by atoms with E-state index in [2.05, 4.69) is 11.8 Å². The molecule has 1 aliphatic carbocycles. The quantitative estimate of drug-likeness (QED) is 0.643. The summed E-state index contributed by atoms with van der Waals surface area (Å²) in [7, 11) is 0. The van der Waals surface area contributed by atoms with Gasteiger partial charge < -0.3 is 0 Å². The largest absolute Gasteiger partial charge is 0.289 e. The summed E-state index contributed by atoms with van der Waals surface area (Å²) < 4.78 is 0. The summed E-state index contributed by atoms with van der Waals surface area (Å²) in [6, 6.07) is 13.3. The first-order chi connectivity index (χ1) is 10.2. The predicted octanol–water partition coefficient (Wildman–Crippen LogP) is 3.53. The van der Waals surface area contributed by atoms with Gasteiger partial charge in [0.05, 0.1) is 5.75 Å². The van der Waals surface area contributed by atoms with Crippen molar-refractivity contribution in [1.82, 2.24) is 0 Å². The molecule has 0 bridgehead atoms. The van der Waals surface area contributed by atoms with E-state index in [1.807, 2.05) is 42.5 Å². The SMILES string of the molecule is CC(=O)SCC#Cc1ccc2c(c1)C(=O)c1ccccc1-2. The van der Waals surface area contributed by atoms with Crippen LogP contribution in [0, 0.1) is 11.8 Å². The molecule has 0 aromatic heterocycles. The van der Waals surface area contributed by atoms with Crippen molar-refractivity contribution in [3.63, 3.8) is 0 Å². The van der Waals surface area contributed by atoms with Gasteiger partial charge >= 0.3 is 0 Å². The van der Waals surface area contributed by atoms with Gasteiger partial charge in [0.1, 0.15) is 0 Å². The van der Waals surface area contributed by atoms with Crippen molar-refractivity contribution in [2.24, 2.45) is 0 Å². The average molecular weight is 292 g/mol. The molecule has 2 aromatic carbocycles. The Hall–Kier alpha value is -2.31. The van der Waals surface area contributed by atoms with Crippen LogP contribution in [0.15, 0.2) is 42.5 Å². The van der Waals surface area contributed by atoms with Crippen molar-refractivity contribution in [2.45, 2.75) is 6.92 Å². The van der Waals surface area contributed by atoms with Crippen LogP contribution in [0.1, 0.15) is 28.4 Å². The number of benzene rings is 2. The van der Waals surface area contributed by atoms with E-state index in [4.69, 9.17) is 0 Å². The van der Waals surface area contributed by atoms with Gasteiger partial charge in [0.15, 0.2) is 10.9 Å². The summed E-state index contributed by atoms with van der Waals surface area (Å²) >= 11 is 1.19. The van der Waals surface area contributed by atoms with Gasteiger partial charge in [0.25, 0.3) is 0 Å². The molecule has 0 N–H and O–H groups in total. The summed E-state index contributed by atoms with van der Waals surface area (Å²) in [4.78, 5) is 23.2. The zero-order chi connectivity index (χ0) is 14.8. The van der Waals surface area contributed by atoms with Crippen LogP contribution < -0.4 is 0 Å². The minimum atomic E-state index is 0.0577. The number of rotatable bonds is 1. The fourth-order valence-electron chi connectivity index (χ4n) is 2.38. The third-order valence-electron chi connectivity index (χ3n) is 3.31. The lowest BCUT2D eigenvalue weighted by molar-refractivity contribution is -0.109. The number of ketones is 1. The molecule has 0 spiro atoms. The third kappa shape index (κ3) is 2.63. The highest BCUT2D eigenvalue weighted by Crippen LogP contribution is 2.36. The molecule has 0 saturated heterocycles. The van der Waals surface area contributed by atoms with Crippen LogP contribution in [-0.4, -0.2) is 16.7 Å². The second-order valence-corrected chi connectivity index (χ2v) is 5.87. The average Bonchev–Trinajstić information content (AvgIpc) is 2.77. The van der Waals surface area contributed by atoms with Crippen molar-refractivity contribution in [2.75, 3.05) is 5.75 Å². The van der Waals surface area contributed by atoms with Crippen molar-refractivity contribution in [3.8, 4) is 23.0 Å². The van der Waals surface area contributed by atoms with Crippen LogP contribution >= 0.6 is 11.8 Å². The van der Waals surface area contributed by atoms with E-state index in [0.717, 1.165) is 22.3 Å². The molecule has 0 saturated carbocycles. The summed E-state index contributed by atoms with van der Waals surface area (Å²) in [5.74, 6) is 6.47. The fraction of sp³-hybridized carbons (Fsp3) is 0.111. The molecule has 0 atom stereocenters. The van der Waals surface area contributed by atoms with Gasteiger partial charge in [0.2, 0.25) is 0 Å². The fourth-order valence-corrected chi connectivity index (χ4v) is 2.73. The molecular formula is C18H12O2S. The standard InChI is InChI=1S/C18H12O2S/c1-12(19)21-10-4-5-13-8-9-15-14-6-2-3-7-16(14)18(20)17(15)11-13/h2-3,6-9,11H,10H2,1H3. The first kappa shape index (κ1) is 13.7. The number of carbonyl (C=O) groups excluding carboxylic acids is 2. The molecule has 2 nitrogen and oxygen atoms in total. The third-order valence-corrected chi connectivity index (χ3v) is 4.00. The lowest BCUT2D eigenvalue weighted by Crippen LogP contribution is -1.95. The summed E-state index contributed by atoms with van der Waals surface area (Å²) in [6.07, 6.45) is 0. The van der Waals surface area contributed by atoms with E-state index in [-0.39, 0.29) is 10.9 Å². The normalized spacial score (nSPS) is 11.4. The summed E-state index contributed by atoms with van der Waals surface area (Å²) in [5, 5.41) is 0.0591. The van der Waals surface area contributed by atoms with Crippen molar-refractivity contribution in [3.05, 3.63) is 59.2 Å². The van der Waals surface area contributed by atoms with E-state index in [0.29, 0.717) is 11.3 Å². The van der Waals surface area contributed by atoms with E-state index < -0.39 is 0 Å². The molecule has 0 aliphatic heterocycles. The minimum Gasteiger partial charge on any atom is -0.289 e. The molecule has 0 heterocycles. The van der Waals surface area contributed by atoms with Crippen molar-refractivity contribution >= 4 is 22.7 Å². The van der Waals surface area contributed by atoms with E-state index in [1.54, 1.807) is 0 Å². The molecular weight excluding hydrogens is 280 g/mol. The van der Waals surface area contributed by atoms with Gasteiger partial charge in [-0.15, -0.1) is 0 Å². The van der Waals surface area contributed by atoms with E-state index >= 15 is 0 Å². The molecule has 0 radical (unpaired) electrons. The first-order valence-corrected chi connectivity index (χ1v) is 7.56. The lowest BCUT2D eigenvalue weighted by Gasteiger charge is -1.99. The van der Waals surface area contributed by atoms with Crippen LogP contribution in [0.2, 0.25) is 0 Å². The molecule has 3 rings (SSSR count). The van der Waals surface area contributed by atoms with Gasteiger partial charge in [0, 0.05) is 23.6 Å². The minimum absolute atomic E-state index is 0.0577. The Labute approximate surface area is 127 Å². The summed E-state index contributed by atoms with van der Waals surface area (Å²) in [5.41, 5.74) is 4.23. The lowest BCUT2D eigenvalue weighted by atomic mass is 10.0. The zero-order valence-electron chi connectivity index (χ0n) is 11.5.